The molecule has 4 saturated carbocycles. The van der Waals surface area contributed by atoms with Gasteiger partial charge < -0.3 is 10.2 Å². The Labute approximate surface area is 118 Å². The number of nitrogens with one attached hydrogen (secondary N) is 1. The molecule has 2 unspecified atom stereocenters. The van der Waals surface area contributed by atoms with Crippen molar-refractivity contribution >= 4 is 0 Å². The second kappa shape index (κ2) is 4.73. The van der Waals surface area contributed by atoms with Gasteiger partial charge in [-0.1, -0.05) is 0 Å². The van der Waals surface area contributed by atoms with Gasteiger partial charge in [0, 0.05) is 18.1 Å². The smallest absolute Gasteiger partial charge is 0.0127 e. The molecule has 5 rings (SSSR count). The van der Waals surface area contributed by atoms with E-state index >= 15 is 0 Å². The third-order valence-electron chi connectivity index (χ3n) is 6.86. The second-order valence-electron chi connectivity index (χ2n) is 8.17. The van der Waals surface area contributed by atoms with Crippen molar-refractivity contribution in [3.63, 3.8) is 0 Å². The minimum Gasteiger partial charge on any atom is -0.311 e. The van der Waals surface area contributed by atoms with Crippen molar-refractivity contribution in [2.45, 2.75) is 70.0 Å². The summed E-state index contributed by atoms with van der Waals surface area (Å²) in [4.78, 5) is 2.52. The lowest BCUT2D eigenvalue weighted by Crippen LogP contribution is -2.58. The molecule has 2 heteroatoms. The fraction of sp³-hybridized carbons (Fsp3) is 1.00. The summed E-state index contributed by atoms with van der Waals surface area (Å²) >= 11 is 0. The first kappa shape index (κ1) is 12.6. The van der Waals surface area contributed by atoms with Gasteiger partial charge in [-0.15, -0.1) is 0 Å². The summed E-state index contributed by atoms with van der Waals surface area (Å²) in [5.74, 6) is 4.28. The minimum absolute atomic E-state index is 0.767. The van der Waals surface area contributed by atoms with Gasteiger partial charge in [0.25, 0.3) is 0 Å². The monoisotopic (exact) mass is 262 g/mol. The molecular formula is C17H30N2. The van der Waals surface area contributed by atoms with Crippen LogP contribution in [0.15, 0.2) is 0 Å². The highest BCUT2D eigenvalue weighted by molar-refractivity contribution is 5.02. The van der Waals surface area contributed by atoms with Crippen LogP contribution in [0.3, 0.4) is 0 Å². The van der Waals surface area contributed by atoms with Gasteiger partial charge in [0.2, 0.25) is 0 Å². The van der Waals surface area contributed by atoms with Crippen LogP contribution < -0.4 is 5.32 Å². The Bertz CT molecular complexity index is 312. The van der Waals surface area contributed by atoms with E-state index in [0.717, 1.165) is 41.8 Å². The van der Waals surface area contributed by atoms with Crippen LogP contribution in [0.2, 0.25) is 0 Å². The highest BCUT2D eigenvalue weighted by Gasteiger charge is 2.48. The quantitative estimate of drug-likeness (QED) is 0.823. The second-order valence-corrected chi connectivity index (χ2v) is 8.17. The zero-order chi connectivity index (χ0) is 13.0. The lowest BCUT2D eigenvalue weighted by atomic mass is 9.54. The third kappa shape index (κ3) is 2.25. The van der Waals surface area contributed by atoms with Gasteiger partial charge in [-0.3, -0.25) is 0 Å². The zero-order valence-electron chi connectivity index (χ0n) is 12.6. The van der Waals surface area contributed by atoms with E-state index in [2.05, 4.69) is 24.2 Å². The topological polar surface area (TPSA) is 15.3 Å². The first-order valence-electron chi connectivity index (χ1n) is 8.65. The molecular weight excluding hydrogens is 232 g/mol. The fourth-order valence-electron chi connectivity index (χ4n) is 5.91. The molecule has 5 aliphatic rings. The summed E-state index contributed by atoms with van der Waals surface area (Å²) in [5.41, 5.74) is 0. The van der Waals surface area contributed by atoms with Crippen LogP contribution in [0.5, 0.6) is 0 Å². The van der Waals surface area contributed by atoms with E-state index in [-0.39, 0.29) is 0 Å². The highest BCUT2D eigenvalue weighted by atomic mass is 15.1. The Morgan fingerprint density at radius 2 is 1.53 bits per heavy atom. The molecule has 2 nitrogen and oxygen atoms in total. The minimum atomic E-state index is 0.767. The molecule has 0 amide bonds. The van der Waals surface area contributed by atoms with Crippen molar-refractivity contribution in [2.75, 3.05) is 13.6 Å². The Hall–Kier alpha value is -0.0800. The van der Waals surface area contributed by atoms with Crippen molar-refractivity contribution in [3.8, 4) is 0 Å². The lowest BCUT2D eigenvalue weighted by molar-refractivity contribution is -0.0216. The number of rotatable bonds is 2. The van der Waals surface area contributed by atoms with E-state index in [9.17, 15) is 0 Å². The molecule has 108 valence electrons. The van der Waals surface area contributed by atoms with E-state index < -0.39 is 0 Å². The van der Waals surface area contributed by atoms with Gasteiger partial charge in [0.15, 0.2) is 0 Å². The predicted molar refractivity (Wildman–Crippen MR) is 79.1 cm³/mol. The van der Waals surface area contributed by atoms with Gasteiger partial charge in [0.1, 0.15) is 0 Å². The summed E-state index contributed by atoms with van der Waals surface area (Å²) in [7, 11) is 2.28. The van der Waals surface area contributed by atoms with E-state index in [0.29, 0.717) is 0 Å². The lowest BCUT2D eigenvalue weighted by Gasteiger charge is -2.55. The molecule has 0 radical (unpaired) electrons. The molecule has 1 saturated heterocycles. The summed E-state index contributed by atoms with van der Waals surface area (Å²) in [5, 5.41) is 4.13. The van der Waals surface area contributed by atoms with Crippen LogP contribution in [-0.2, 0) is 0 Å². The molecule has 4 aliphatic carbocycles. The maximum atomic E-state index is 4.13. The van der Waals surface area contributed by atoms with Gasteiger partial charge in [0.05, 0.1) is 0 Å². The molecule has 19 heavy (non-hydrogen) atoms. The number of hydrogen-bond acceptors (Lipinski definition) is 2. The van der Waals surface area contributed by atoms with Crippen LogP contribution in [0.4, 0.5) is 0 Å². The van der Waals surface area contributed by atoms with Crippen molar-refractivity contribution in [1.82, 2.24) is 10.2 Å². The first-order valence-corrected chi connectivity index (χ1v) is 8.65. The van der Waals surface area contributed by atoms with Crippen molar-refractivity contribution < 1.29 is 0 Å². The summed E-state index contributed by atoms with van der Waals surface area (Å²) in [6.45, 7) is 3.68. The number of likely N-dealkylation sites (tertiary alicyclic amines) is 1. The number of hydrogen-bond donors (Lipinski definition) is 1. The molecule has 1 heterocycles. The molecule has 1 N–H and O–H groups in total. The van der Waals surface area contributed by atoms with E-state index in [1.54, 1.807) is 32.1 Å². The standard InChI is InChI=1S/C17H30N2/c1-11-5-16(3-4-19(11)2)18-17-14-7-12-6-13(9-14)10-15(17)8-12/h11-18H,3-10H2,1-2H3. The third-order valence-corrected chi connectivity index (χ3v) is 6.86. The van der Waals surface area contributed by atoms with Crippen LogP contribution in [0.25, 0.3) is 0 Å². The van der Waals surface area contributed by atoms with Gasteiger partial charge in [-0.2, -0.15) is 0 Å². The van der Waals surface area contributed by atoms with Gasteiger partial charge in [-0.05, 0) is 89.1 Å². The molecule has 0 aromatic heterocycles. The molecule has 2 atom stereocenters. The summed E-state index contributed by atoms with van der Waals surface area (Å²) in [6, 6.07) is 2.45. The average molecular weight is 262 g/mol. The largest absolute Gasteiger partial charge is 0.311 e. The molecule has 5 fully saturated rings. The van der Waals surface area contributed by atoms with Crippen molar-refractivity contribution in [2.24, 2.45) is 23.7 Å². The molecule has 0 aromatic rings. The number of piperidine rings is 1. The Balaban J connectivity index is 1.40. The number of nitrogens with zero attached hydrogens (tertiary/aromatic N) is 1. The maximum Gasteiger partial charge on any atom is 0.0127 e. The normalized spacial score (nSPS) is 53.7. The predicted octanol–water partition coefficient (Wildman–Crippen LogP) is 2.88. The zero-order valence-corrected chi connectivity index (χ0v) is 12.6. The van der Waals surface area contributed by atoms with Crippen molar-refractivity contribution in [1.29, 1.82) is 0 Å². The van der Waals surface area contributed by atoms with Crippen LogP contribution >= 0.6 is 0 Å². The van der Waals surface area contributed by atoms with Crippen LogP contribution in [0.1, 0.15) is 51.9 Å². The molecule has 1 aliphatic heterocycles. The Morgan fingerprint density at radius 3 is 2.11 bits per heavy atom. The van der Waals surface area contributed by atoms with Gasteiger partial charge >= 0.3 is 0 Å². The Kier molecular flexibility index (Phi) is 3.15. The summed E-state index contributed by atoms with van der Waals surface area (Å²) in [6.07, 6.45) is 10.5. The van der Waals surface area contributed by atoms with E-state index in [4.69, 9.17) is 0 Å². The molecule has 0 aromatic carbocycles. The van der Waals surface area contributed by atoms with Gasteiger partial charge in [-0.25, -0.2) is 0 Å². The average Bonchev–Trinajstić information content (AvgIpc) is 2.37. The Morgan fingerprint density at radius 1 is 0.895 bits per heavy atom. The first-order chi connectivity index (χ1) is 9.19. The molecule has 4 bridgehead atoms. The van der Waals surface area contributed by atoms with Crippen molar-refractivity contribution in [3.05, 3.63) is 0 Å². The maximum absolute atomic E-state index is 4.13. The van der Waals surface area contributed by atoms with Crippen LogP contribution in [-0.4, -0.2) is 36.6 Å². The van der Waals surface area contributed by atoms with E-state index in [1.807, 2.05) is 0 Å². The highest BCUT2D eigenvalue weighted by Crippen LogP contribution is 2.53. The SMILES string of the molecule is CC1CC(NC2C3CC4CC(C3)CC2C4)CCN1C. The molecule has 0 spiro atoms. The fourth-order valence-corrected chi connectivity index (χ4v) is 5.91. The summed E-state index contributed by atoms with van der Waals surface area (Å²) < 4.78 is 0. The van der Waals surface area contributed by atoms with Crippen LogP contribution in [0, 0.1) is 23.7 Å². The van der Waals surface area contributed by atoms with E-state index in [1.165, 1.54) is 19.4 Å².